The molecule has 4 heteroatoms. The largest absolute Gasteiger partial charge is 0.411 e. The van der Waals surface area contributed by atoms with Gasteiger partial charge in [0.05, 0.1) is 0 Å². The highest BCUT2D eigenvalue weighted by atomic mass is 16.4. The summed E-state index contributed by atoms with van der Waals surface area (Å²) in [4.78, 5) is 5.97. The molecule has 0 spiro atoms. The van der Waals surface area contributed by atoms with E-state index < -0.39 is 0 Å². The molecule has 4 nitrogen and oxygen atoms in total. The van der Waals surface area contributed by atoms with E-state index in [0.29, 0.717) is 5.84 Å². The third-order valence-electron chi connectivity index (χ3n) is 1.83. The summed E-state index contributed by atoms with van der Waals surface area (Å²) >= 11 is 0. The van der Waals surface area contributed by atoms with Crippen LogP contribution in [0.1, 0.15) is 19.8 Å². The van der Waals surface area contributed by atoms with E-state index in [1.807, 2.05) is 30.2 Å². The van der Waals surface area contributed by atoms with E-state index in [0.717, 1.165) is 19.4 Å². The molecule has 0 aliphatic rings. The van der Waals surface area contributed by atoms with Gasteiger partial charge in [-0.1, -0.05) is 17.3 Å². The highest BCUT2D eigenvalue weighted by Gasteiger charge is 2.04. The summed E-state index contributed by atoms with van der Waals surface area (Å²) in [6, 6.07) is 0. The van der Waals surface area contributed by atoms with E-state index in [9.17, 15) is 0 Å². The second-order valence-electron chi connectivity index (χ2n) is 2.93. The molecule has 0 unspecified atom stereocenters. The van der Waals surface area contributed by atoms with Crippen molar-refractivity contribution in [1.82, 2.24) is 4.90 Å². The van der Waals surface area contributed by atoms with Gasteiger partial charge in [-0.2, -0.15) is 0 Å². The SMILES string of the molecule is C=CCCCN(/C=C\C)C(/C=N/O)=NC. The third kappa shape index (κ3) is 5.67. The lowest BCUT2D eigenvalue weighted by Gasteiger charge is -2.18. The van der Waals surface area contributed by atoms with Gasteiger partial charge in [0.2, 0.25) is 0 Å². The second-order valence-corrected chi connectivity index (χ2v) is 2.93. The maximum absolute atomic E-state index is 8.48. The Balaban J connectivity index is 4.41. The van der Waals surface area contributed by atoms with Gasteiger partial charge in [0.15, 0.2) is 0 Å². The Morgan fingerprint density at radius 2 is 2.27 bits per heavy atom. The number of amidine groups is 1. The van der Waals surface area contributed by atoms with Crippen molar-refractivity contribution in [3.8, 4) is 0 Å². The van der Waals surface area contributed by atoms with Gasteiger partial charge in [0, 0.05) is 19.8 Å². The Bertz CT molecular complexity index is 257. The summed E-state index contributed by atoms with van der Waals surface area (Å²) < 4.78 is 0. The van der Waals surface area contributed by atoms with Gasteiger partial charge >= 0.3 is 0 Å². The van der Waals surface area contributed by atoms with Gasteiger partial charge < -0.3 is 10.1 Å². The topological polar surface area (TPSA) is 48.2 Å². The standard InChI is InChI=1S/C11H19N3O/c1-4-6-7-9-14(8-5-2)11(12-3)10-13-15/h4-5,8,10,15H,1,6-7,9H2,2-3H3/b8-5-,12-11?,13-10+. The Hall–Kier alpha value is -1.58. The fourth-order valence-corrected chi connectivity index (χ4v) is 1.16. The molecule has 0 radical (unpaired) electrons. The zero-order valence-corrected chi connectivity index (χ0v) is 9.43. The molecule has 0 aliphatic heterocycles. The van der Waals surface area contributed by atoms with Crippen molar-refractivity contribution >= 4 is 12.1 Å². The Kier molecular flexibility index (Phi) is 8.05. The van der Waals surface area contributed by atoms with Gasteiger partial charge in [-0.3, -0.25) is 4.99 Å². The predicted molar refractivity (Wildman–Crippen MR) is 64.6 cm³/mol. The van der Waals surface area contributed by atoms with Crippen LogP contribution in [0.2, 0.25) is 0 Å². The summed E-state index contributed by atoms with van der Waals surface area (Å²) in [6.45, 7) is 6.43. The van der Waals surface area contributed by atoms with Gasteiger partial charge in [-0.05, 0) is 19.8 Å². The Morgan fingerprint density at radius 1 is 1.53 bits per heavy atom. The molecule has 1 N–H and O–H groups in total. The first-order valence-corrected chi connectivity index (χ1v) is 4.94. The van der Waals surface area contributed by atoms with E-state index >= 15 is 0 Å². The van der Waals surface area contributed by atoms with Gasteiger partial charge in [-0.25, -0.2) is 0 Å². The lowest BCUT2D eigenvalue weighted by Crippen LogP contribution is -2.27. The van der Waals surface area contributed by atoms with Crippen LogP contribution >= 0.6 is 0 Å². The van der Waals surface area contributed by atoms with Gasteiger partial charge in [0.1, 0.15) is 12.1 Å². The first-order valence-electron chi connectivity index (χ1n) is 4.94. The average molecular weight is 209 g/mol. The zero-order chi connectivity index (χ0) is 11.5. The number of hydrogen-bond acceptors (Lipinski definition) is 3. The number of aliphatic imine (C=N–C) groups is 1. The fourth-order valence-electron chi connectivity index (χ4n) is 1.16. The summed E-state index contributed by atoms with van der Waals surface area (Å²) in [6.07, 6.45) is 9.00. The van der Waals surface area contributed by atoms with E-state index in [1.165, 1.54) is 6.21 Å². The smallest absolute Gasteiger partial charge is 0.149 e. The minimum Gasteiger partial charge on any atom is -0.411 e. The molecule has 0 heterocycles. The van der Waals surface area contributed by atoms with Crippen LogP contribution in [0.25, 0.3) is 0 Å². The van der Waals surface area contributed by atoms with Crippen LogP contribution in [0.5, 0.6) is 0 Å². The number of unbranched alkanes of at least 4 members (excludes halogenated alkanes) is 1. The highest BCUT2D eigenvalue weighted by Crippen LogP contribution is 1.98. The molecule has 0 aromatic carbocycles. The van der Waals surface area contributed by atoms with Crippen LogP contribution in [0.3, 0.4) is 0 Å². The van der Waals surface area contributed by atoms with Crippen molar-refractivity contribution in [3.05, 3.63) is 24.9 Å². The van der Waals surface area contributed by atoms with Crippen molar-refractivity contribution in [2.24, 2.45) is 10.1 Å². The van der Waals surface area contributed by atoms with Crippen molar-refractivity contribution in [1.29, 1.82) is 0 Å². The first-order chi connectivity index (χ1) is 7.29. The lowest BCUT2D eigenvalue weighted by atomic mass is 10.3. The summed E-state index contributed by atoms with van der Waals surface area (Å²) in [5.74, 6) is 0.639. The Morgan fingerprint density at radius 3 is 2.73 bits per heavy atom. The van der Waals surface area contributed by atoms with Gasteiger partial charge in [0.25, 0.3) is 0 Å². The molecule has 0 fully saturated rings. The second kappa shape index (κ2) is 8.99. The van der Waals surface area contributed by atoms with Crippen molar-refractivity contribution in [3.63, 3.8) is 0 Å². The van der Waals surface area contributed by atoms with Crippen molar-refractivity contribution < 1.29 is 5.21 Å². The van der Waals surface area contributed by atoms with E-state index in [1.54, 1.807) is 7.05 Å². The molecule has 15 heavy (non-hydrogen) atoms. The molecule has 0 amide bonds. The molecule has 0 atom stereocenters. The minimum atomic E-state index is 0.639. The molecule has 0 bridgehead atoms. The zero-order valence-electron chi connectivity index (χ0n) is 9.43. The van der Waals surface area contributed by atoms with Crippen LogP contribution in [0, 0.1) is 0 Å². The number of nitrogens with zero attached hydrogens (tertiary/aromatic N) is 3. The van der Waals surface area contributed by atoms with E-state index in [4.69, 9.17) is 5.21 Å². The Labute approximate surface area is 91.3 Å². The maximum atomic E-state index is 8.48. The van der Waals surface area contributed by atoms with Crippen LogP contribution < -0.4 is 0 Å². The summed E-state index contributed by atoms with van der Waals surface area (Å²) in [5, 5.41) is 11.5. The quantitative estimate of drug-likeness (QED) is 0.182. The molecular formula is C11H19N3O. The maximum Gasteiger partial charge on any atom is 0.149 e. The summed E-state index contributed by atoms with van der Waals surface area (Å²) in [7, 11) is 1.67. The molecule has 0 aromatic heterocycles. The van der Waals surface area contributed by atoms with Crippen LogP contribution in [-0.2, 0) is 0 Å². The number of hydrogen-bond donors (Lipinski definition) is 1. The molecular weight excluding hydrogens is 190 g/mol. The van der Waals surface area contributed by atoms with Gasteiger partial charge in [-0.15, -0.1) is 6.58 Å². The normalized spacial score (nSPS) is 12.5. The van der Waals surface area contributed by atoms with Crippen molar-refractivity contribution in [2.45, 2.75) is 19.8 Å². The average Bonchev–Trinajstić information content (AvgIpc) is 2.25. The predicted octanol–water partition coefficient (Wildman–Crippen LogP) is 2.28. The molecule has 0 aliphatic carbocycles. The molecule has 0 rings (SSSR count). The lowest BCUT2D eigenvalue weighted by molar-refractivity contribution is 0.322. The van der Waals surface area contributed by atoms with Crippen LogP contribution in [0.15, 0.2) is 35.1 Å². The number of oxime groups is 1. The molecule has 0 aromatic rings. The van der Waals surface area contributed by atoms with E-state index in [2.05, 4.69) is 16.7 Å². The van der Waals surface area contributed by atoms with Crippen molar-refractivity contribution in [2.75, 3.05) is 13.6 Å². The number of rotatable bonds is 6. The van der Waals surface area contributed by atoms with Crippen LogP contribution in [0.4, 0.5) is 0 Å². The first kappa shape index (κ1) is 13.4. The third-order valence-corrected chi connectivity index (χ3v) is 1.83. The molecule has 0 saturated heterocycles. The number of allylic oxidation sites excluding steroid dienone is 2. The highest BCUT2D eigenvalue weighted by molar-refractivity contribution is 6.29. The van der Waals surface area contributed by atoms with E-state index in [-0.39, 0.29) is 0 Å². The molecule has 84 valence electrons. The monoisotopic (exact) mass is 209 g/mol. The summed E-state index contributed by atoms with van der Waals surface area (Å²) in [5.41, 5.74) is 0. The minimum absolute atomic E-state index is 0.639. The fraction of sp³-hybridized carbons (Fsp3) is 0.455. The molecule has 0 saturated carbocycles. The van der Waals surface area contributed by atoms with Crippen LogP contribution in [-0.4, -0.2) is 35.7 Å².